The number of carbonyl (C=O) groups excluding carboxylic acids is 1. The third kappa shape index (κ3) is 6.24. The zero-order chi connectivity index (χ0) is 26.6. The Kier molecular flexibility index (Phi) is 7.74. The standard InChI is InChI=1S/C21H19ClN6O2.C2HF3O2/c22-17-5-3-13(21-28-24-11-30-21)9-15(17)12-4-6-18-16(8-12)19(27-26-18)25-20(29)14-2-1-7-23-10-14;3-2(4,5)1(6)7/h3-6,8-9,11,14,23H,1-2,7,10H2,(H2,25,26,27,29);(H,6,7)/t14-;/m1./s1. The Morgan fingerprint density at radius 3 is 2.57 bits per heavy atom. The summed E-state index contributed by atoms with van der Waals surface area (Å²) >= 11 is 6.48. The van der Waals surface area contributed by atoms with E-state index < -0.39 is 12.1 Å². The average molecular weight is 537 g/mol. The zero-order valence-corrected chi connectivity index (χ0v) is 19.7. The van der Waals surface area contributed by atoms with Crippen molar-refractivity contribution in [2.75, 3.05) is 18.4 Å². The molecule has 0 unspecified atom stereocenters. The summed E-state index contributed by atoms with van der Waals surface area (Å²) in [5.74, 6) is -1.88. The summed E-state index contributed by atoms with van der Waals surface area (Å²) in [4.78, 5) is 21.5. The van der Waals surface area contributed by atoms with Crippen molar-refractivity contribution in [3.05, 3.63) is 47.8 Å². The third-order valence-corrected chi connectivity index (χ3v) is 5.93. The van der Waals surface area contributed by atoms with E-state index in [-0.39, 0.29) is 11.8 Å². The van der Waals surface area contributed by atoms with Crippen molar-refractivity contribution in [1.82, 2.24) is 25.7 Å². The number of halogens is 4. The van der Waals surface area contributed by atoms with Gasteiger partial charge in [0.1, 0.15) is 0 Å². The number of carbonyl (C=O) groups is 2. The van der Waals surface area contributed by atoms with Crippen LogP contribution in [0.25, 0.3) is 33.5 Å². The highest BCUT2D eigenvalue weighted by Crippen LogP contribution is 2.34. The van der Waals surface area contributed by atoms with Gasteiger partial charge in [-0.15, -0.1) is 10.2 Å². The van der Waals surface area contributed by atoms with Crippen LogP contribution < -0.4 is 10.6 Å². The lowest BCUT2D eigenvalue weighted by Gasteiger charge is -2.21. The van der Waals surface area contributed by atoms with Gasteiger partial charge >= 0.3 is 12.1 Å². The van der Waals surface area contributed by atoms with Crippen LogP contribution in [0.3, 0.4) is 0 Å². The molecule has 14 heteroatoms. The molecule has 37 heavy (non-hydrogen) atoms. The topological polar surface area (TPSA) is 146 Å². The summed E-state index contributed by atoms with van der Waals surface area (Å²) < 4.78 is 37.0. The van der Waals surface area contributed by atoms with Crippen LogP contribution in [0.1, 0.15) is 12.8 Å². The van der Waals surface area contributed by atoms with E-state index in [1.807, 2.05) is 30.3 Å². The van der Waals surface area contributed by atoms with Gasteiger partial charge in [0.05, 0.1) is 11.4 Å². The minimum Gasteiger partial charge on any atom is -0.475 e. The zero-order valence-electron chi connectivity index (χ0n) is 19.0. The number of carboxylic acids is 1. The second-order valence-corrected chi connectivity index (χ2v) is 8.51. The van der Waals surface area contributed by atoms with Gasteiger partial charge in [-0.05, 0) is 55.3 Å². The van der Waals surface area contributed by atoms with E-state index in [2.05, 4.69) is 31.0 Å². The smallest absolute Gasteiger partial charge is 0.475 e. The lowest BCUT2D eigenvalue weighted by atomic mass is 9.98. The highest BCUT2D eigenvalue weighted by atomic mass is 35.5. The van der Waals surface area contributed by atoms with E-state index in [4.69, 9.17) is 25.9 Å². The number of piperidine rings is 1. The monoisotopic (exact) mass is 536 g/mol. The lowest BCUT2D eigenvalue weighted by molar-refractivity contribution is -0.192. The number of benzene rings is 2. The quantitative estimate of drug-likeness (QED) is 0.298. The first-order chi connectivity index (χ1) is 17.6. The van der Waals surface area contributed by atoms with Gasteiger partial charge in [-0.2, -0.15) is 18.3 Å². The number of H-pyrrole nitrogens is 1. The minimum absolute atomic E-state index is 0.0163. The summed E-state index contributed by atoms with van der Waals surface area (Å²) in [6.07, 6.45) is -1.92. The first-order valence-corrected chi connectivity index (χ1v) is 11.4. The van der Waals surface area contributed by atoms with Crippen LogP contribution in [0, 0.1) is 5.92 Å². The van der Waals surface area contributed by atoms with E-state index in [0.717, 1.165) is 47.0 Å². The normalized spacial score (nSPS) is 15.6. The van der Waals surface area contributed by atoms with E-state index in [0.29, 0.717) is 23.3 Å². The molecule has 0 aliphatic carbocycles. The predicted octanol–water partition coefficient (Wildman–Crippen LogP) is 4.50. The summed E-state index contributed by atoms with van der Waals surface area (Å²) in [5, 5.41) is 29.7. The number of fused-ring (bicyclic) bond motifs is 1. The Morgan fingerprint density at radius 1 is 1.16 bits per heavy atom. The number of carboxylic acid groups (broad SMARTS) is 1. The average Bonchev–Trinajstić information content (AvgIpc) is 3.55. The number of amides is 1. The number of aromatic nitrogens is 4. The number of nitrogens with zero attached hydrogens (tertiary/aromatic N) is 3. The number of hydrogen-bond acceptors (Lipinski definition) is 7. The number of aromatic amines is 1. The molecule has 0 bridgehead atoms. The number of nitrogens with one attached hydrogen (secondary N) is 3. The van der Waals surface area contributed by atoms with Crippen LogP contribution in [0.5, 0.6) is 0 Å². The number of rotatable bonds is 4. The molecular weight excluding hydrogens is 517 g/mol. The molecule has 0 saturated carbocycles. The maximum Gasteiger partial charge on any atom is 0.490 e. The summed E-state index contributed by atoms with van der Waals surface area (Å²) in [7, 11) is 0. The fourth-order valence-electron chi connectivity index (χ4n) is 3.75. The Labute approximate surface area is 212 Å². The van der Waals surface area contributed by atoms with E-state index in [1.54, 1.807) is 6.07 Å². The molecule has 1 amide bonds. The molecule has 3 heterocycles. The minimum atomic E-state index is -5.08. The number of alkyl halides is 3. The molecule has 5 rings (SSSR count). The van der Waals surface area contributed by atoms with Crippen LogP contribution >= 0.6 is 11.6 Å². The van der Waals surface area contributed by atoms with Gasteiger partial charge in [0.25, 0.3) is 0 Å². The number of anilines is 1. The Morgan fingerprint density at radius 2 is 1.92 bits per heavy atom. The van der Waals surface area contributed by atoms with Gasteiger partial charge in [-0.3, -0.25) is 9.89 Å². The number of aliphatic carboxylic acids is 1. The molecule has 10 nitrogen and oxygen atoms in total. The molecule has 0 radical (unpaired) electrons. The first kappa shape index (κ1) is 26.1. The largest absolute Gasteiger partial charge is 0.490 e. The molecule has 2 aromatic carbocycles. The maximum atomic E-state index is 12.6. The fraction of sp³-hybridized carbons (Fsp3) is 0.261. The molecule has 1 atom stereocenters. The first-order valence-electron chi connectivity index (χ1n) is 11.0. The molecule has 2 aromatic heterocycles. The van der Waals surface area contributed by atoms with Gasteiger partial charge in [0.2, 0.25) is 18.2 Å². The second-order valence-electron chi connectivity index (χ2n) is 8.11. The van der Waals surface area contributed by atoms with Crippen molar-refractivity contribution in [3.63, 3.8) is 0 Å². The second kappa shape index (κ2) is 11.0. The van der Waals surface area contributed by atoms with E-state index in [9.17, 15) is 18.0 Å². The molecule has 1 aliphatic heterocycles. The molecule has 194 valence electrons. The van der Waals surface area contributed by atoms with Crippen molar-refractivity contribution >= 4 is 40.2 Å². The Balaban J connectivity index is 0.000000405. The molecule has 4 N–H and O–H groups in total. The SMILES string of the molecule is O=C(Nc1n[nH]c2ccc(-c3cc(-c4nnco4)ccc3Cl)cc12)[C@@H]1CCCNC1.O=C(O)C(F)(F)F. The lowest BCUT2D eigenvalue weighted by Crippen LogP contribution is -2.37. The Bertz CT molecular complexity index is 1400. The van der Waals surface area contributed by atoms with Crippen LogP contribution in [0.15, 0.2) is 47.2 Å². The van der Waals surface area contributed by atoms with Gasteiger partial charge < -0.3 is 20.2 Å². The number of hydrogen-bond donors (Lipinski definition) is 4. The highest BCUT2D eigenvalue weighted by molar-refractivity contribution is 6.33. The summed E-state index contributed by atoms with van der Waals surface area (Å²) in [6, 6.07) is 11.4. The van der Waals surface area contributed by atoms with Crippen molar-refractivity contribution < 1.29 is 32.3 Å². The predicted molar refractivity (Wildman–Crippen MR) is 128 cm³/mol. The van der Waals surface area contributed by atoms with Crippen LogP contribution in [-0.2, 0) is 9.59 Å². The summed E-state index contributed by atoms with van der Waals surface area (Å²) in [6.45, 7) is 1.65. The molecular formula is C23H20ClF3N6O4. The van der Waals surface area contributed by atoms with Crippen molar-refractivity contribution in [3.8, 4) is 22.6 Å². The maximum absolute atomic E-state index is 12.6. The molecule has 1 fully saturated rings. The van der Waals surface area contributed by atoms with Crippen LogP contribution in [0.4, 0.5) is 19.0 Å². The van der Waals surface area contributed by atoms with Gasteiger partial charge in [-0.25, -0.2) is 4.79 Å². The molecule has 4 aromatic rings. The molecule has 1 saturated heterocycles. The van der Waals surface area contributed by atoms with Gasteiger partial charge in [0, 0.05) is 28.1 Å². The summed E-state index contributed by atoms with van der Waals surface area (Å²) in [5.41, 5.74) is 3.33. The third-order valence-electron chi connectivity index (χ3n) is 5.60. The molecule has 1 aliphatic rings. The van der Waals surface area contributed by atoms with Crippen molar-refractivity contribution in [2.24, 2.45) is 5.92 Å². The Hall–Kier alpha value is -3.97. The van der Waals surface area contributed by atoms with E-state index in [1.165, 1.54) is 6.39 Å². The highest BCUT2D eigenvalue weighted by Gasteiger charge is 2.38. The van der Waals surface area contributed by atoms with Crippen molar-refractivity contribution in [1.29, 1.82) is 0 Å². The van der Waals surface area contributed by atoms with Crippen LogP contribution in [-0.4, -0.2) is 56.6 Å². The van der Waals surface area contributed by atoms with Gasteiger partial charge in [-0.1, -0.05) is 17.7 Å². The van der Waals surface area contributed by atoms with Gasteiger partial charge in [0.15, 0.2) is 5.82 Å². The van der Waals surface area contributed by atoms with E-state index >= 15 is 0 Å². The fourth-order valence-corrected chi connectivity index (χ4v) is 3.98. The van der Waals surface area contributed by atoms with Crippen molar-refractivity contribution in [2.45, 2.75) is 19.0 Å². The van der Waals surface area contributed by atoms with Crippen LogP contribution in [0.2, 0.25) is 5.02 Å². The molecule has 0 spiro atoms.